The van der Waals surface area contributed by atoms with Gasteiger partial charge >= 0.3 is 29.6 Å². The summed E-state index contributed by atoms with van der Waals surface area (Å²) in [7, 11) is -7.50. The first-order valence-electron chi connectivity index (χ1n) is 3.47. The second-order valence-corrected chi connectivity index (χ2v) is 8.72. The van der Waals surface area contributed by atoms with Crippen LogP contribution in [0.3, 0.4) is 0 Å². The van der Waals surface area contributed by atoms with Crippen LogP contribution in [-0.2, 0) is 19.0 Å². The van der Waals surface area contributed by atoms with Gasteiger partial charge in [0.15, 0.2) is 9.84 Å². The van der Waals surface area contributed by atoms with E-state index in [1.165, 1.54) is 13.8 Å². The van der Waals surface area contributed by atoms with Crippen molar-refractivity contribution < 1.29 is 50.9 Å². The summed E-state index contributed by atoms with van der Waals surface area (Å²) in [5.41, 5.74) is 0. The van der Waals surface area contributed by atoms with Gasteiger partial charge in [0.05, 0.1) is 11.0 Å². The Kier molecular flexibility index (Phi) is 8.45. The summed E-state index contributed by atoms with van der Waals surface area (Å²) in [6.45, 7) is 3.01. The zero-order valence-electron chi connectivity index (χ0n) is 8.26. The normalized spacial score (nSPS) is 12.6. The van der Waals surface area contributed by atoms with E-state index in [1.54, 1.807) is 0 Å². The molecule has 0 aromatic carbocycles. The Morgan fingerprint density at radius 1 is 1.21 bits per heavy atom. The van der Waals surface area contributed by atoms with Gasteiger partial charge in [-0.25, -0.2) is 16.8 Å². The van der Waals surface area contributed by atoms with Gasteiger partial charge in [0.25, 0.3) is 0 Å². The molecule has 0 heterocycles. The van der Waals surface area contributed by atoms with Crippen molar-refractivity contribution in [1.82, 2.24) is 0 Å². The van der Waals surface area contributed by atoms with Crippen LogP contribution in [0.15, 0.2) is 0 Å². The molecule has 5 nitrogen and oxygen atoms in total. The van der Waals surface area contributed by atoms with Crippen LogP contribution in [0.2, 0.25) is 0 Å². The van der Waals surface area contributed by atoms with Crippen LogP contribution in [0.4, 0.5) is 0 Å². The van der Waals surface area contributed by atoms with Crippen molar-refractivity contribution in [1.29, 1.82) is 0 Å². The van der Waals surface area contributed by atoms with E-state index >= 15 is 0 Å². The number of sulfone groups is 1. The summed E-state index contributed by atoms with van der Waals surface area (Å²) in [4.78, 5) is 0. The van der Waals surface area contributed by atoms with E-state index in [-0.39, 0.29) is 51.9 Å². The van der Waals surface area contributed by atoms with Crippen molar-refractivity contribution >= 4 is 29.8 Å². The summed E-state index contributed by atoms with van der Waals surface area (Å²) < 4.78 is 52.5. The topological polar surface area (TPSA) is 91.3 Å². The fourth-order valence-electron chi connectivity index (χ4n) is 0.488. The van der Waals surface area contributed by atoms with Gasteiger partial charge in [-0.05, 0) is 24.6 Å². The molecular formula is C5H11NaO5S3. The Morgan fingerprint density at radius 3 is 1.93 bits per heavy atom. The molecule has 0 N–H and O–H groups in total. The smallest absolute Gasteiger partial charge is 0.739 e. The summed E-state index contributed by atoms with van der Waals surface area (Å²) >= 11 is 0. The largest absolute Gasteiger partial charge is 1.00 e. The van der Waals surface area contributed by atoms with Crippen LogP contribution >= 0.6 is 10.8 Å². The van der Waals surface area contributed by atoms with Gasteiger partial charge < -0.3 is 4.55 Å². The van der Waals surface area contributed by atoms with Gasteiger partial charge in [-0.15, -0.1) is 0 Å². The van der Waals surface area contributed by atoms with Crippen LogP contribution in [0.1, 0.15) is 13.8 Å². The average molecular weight is 270 g/mol. The fraction of sp³-hybridized carbons (Fsp3) is 1.00. The van der Waals surface area contributed by atoms with Gasteiger partial charge in [-0.3, -0.25) is 0 Å². The molecule has 0 aliphatic carbocycles. The van der Waals surface area contributed by atoms with Crippen molar-refractivity contribution in [3.8, 4) is 0 Å². The van der Waals surface area contributed by atoms with Crippen LogP contribution in [0.25, 0.3) is 0 Å². The Hall–Kier alpha value is 1.21. The quantitative estimate of drug-likeness (QED) is 0.300. The van der Waals surface area contributed by atoms with Gasteiger partial charge in [0.2, 0.25) is 0 Å². The van der Waals surface area contributed by atoms with Crippen LogP contribution in [0.5, 0.6) is 0 Å². The minimum atomic E-state index is -4.37. The molecule has 0 saturated heterocycles. The second-order valence-electron chi connectivity index (χ2n) is 2.65. The first-order chi connectivity index (χ1) is 5.65. The monoisotopic (exact) mass is 270 g/mol. The van der Waals surface area contributed by atoms with Crippen molar-refractivity contribution in [2.24, 2.45) is 0 Å². The van der Waals surface area contributed by atoms with E-state index < -0.39 is 24.2 Å². The maximum atomic E-state index is 11.1. The molecule has 0 aliphatic rings. The van der Waals surface area contributed by atoms with Crippen molar-refractivity contribution in [3.63, 3.8) is 0 Å². The summed E-state index contributed by atoms with van der Waals surface area (Å²) in [5.74, 6) is -0.483. The third-order valence-electron chi connectivity index (χ3n) is 1.31. The maximum Gasteiger partial charge on any atom is 1.00 e. The van der Waals surface area contributed by atoms with Crippen LogP contribution < -0.4 is 29.6 Å². The van der Waals surface area contributed by atoms with Gasteiger partial charge in [-0.1, -0.05) is 0 Å². The standard InChI is InChI=1S/C5H12O5S3.Na/c1-5(2)12(6,7)4-3-11-13(8,9)10;/h5H,3-4H2,1-2H3,(H,8,9,10);/q;+1/p-1. The zero-order chi connectivity index (χ0) is 10.7. The number of hydrogen-bond donors (Lipinski definition) is 0. The third-order valence-corrected chi connectivity index (χ3v) is 5.81. The van der Waals surface area contributed by atoms with E-state index in [1.807, 2.05) is 0 Å². The van der Waals surface area contributed by atoms with E-state index in [0.29, 0.717) is 0 Å². The maximum absolute atomic E-state index is 11.1. The second kappa shape index (κ2) is 6.72. The average Bonchev–Trinajstić information content (AvgIpc) is 1.82. The Balaban J connectivity index is 0. The predicted molar refractivity (Wildman–Crippen MR) is 51.1 cm³/mol. The molecule has 0 aromatic heterocycles. The molecule has 0 bridgehead atoms. The molecule has 0 aromatic rings. The Labute approximate surface area is 110 Å². The molecule has 0 atom stereocenters. The third kappa shape index (κ3) is 8.51. The molecule has 0 radical (unpaired) electrons. The Bertz CT molecular complexity index is 344. The molecule has 9 heteroatoms. The fourth-order valence-corrected chi connectivity index (χ4v) is 3.59. The number of rotatable bonds is 5. The summed E-state index contributed by atoms with van der Waals surface area (Å²) in [6, 6.07) is 0. The van der Waals surface area contributed by atoms with E-state index in [2.05, 4.69) is 0 Å². The Morgan fingerprint density at radius 2 is 1.64 bits per heavy atom. The molecule has 0 saturated carbocycles. The minimum Gasteiger partial charge on any atom is -0.739 e. The SMILES string of the molecule is CC(C)S(=O)(=O)CCSS(=O)(=O)[O-].[Na+]. The van der Waals surface area contributed by atoms with E-state index in [9.17, 15) is 21.4 Å². The minimum absolute atomic E-state index is 0. The molecule has 14 heavy (non-hydrogen) atoms. The van der Waals surface area contributed by atoms with Crippen LogP contribution in [0, 0.1) is 0 Å². The van der Waals surface area contributed by atoms with Gasteiger partial charge in [0, 0.05) is 5.75 Å². The molecular weight excluding hydrogens is 259 g/mol. The summed E-state index contributed by atoms with van der Waals surface area (Å²) in [5, 5.41) is -0.539. The first-order valence-corrected chi connectivity index (χ1v) is 8.09. The molecule has 0 amide bonds. The van der Waals surface area contributed by atoms with Crippen molar-refractivity contribution in [3.05, 3.63) is 0 Å². The molecule has 0 spiro atoms. The van der Waals surface area contributed by atoms with E-state index in [4.69, 9.17) is 0 Å². The molecule has 0 unspecified atom stereocenters. The van der Waals surface area contributed by atoms with Crippen molar-refractivity contribution in [2.75, 3.05) is 11.5 Å². The molecule has 0 rings (SSSR count). The van der Waals surface area contributed by atoms with Crippen molar-refractivity contribution in [2.45, 2.75) is 19.1 Å². The first kappa shape index (κ1) is 17.6. The molecule has 0 aliphatic heterocycles. The van der Waals surface area contributed by atoms with E-state index in [0.717, 1.165) is 0 Å². The zero-order valence-corrected chi connectivity index (χ0v) is 12.7. The van der Waals surface area contributed by atoms with Gasteiger partial charge in [0.1, 0.15) is 9.15 Å². The predicted octanol–water partition coefficient (Wildman–Crippen LogP) is -2.99. The van der Waals surface area contributed by atoms with Crippen LogP contribution in [-0.4, -0.2) is 38.1 Å². The molecule has 80 valence electrons. The van der Waals surface area contributed by atoms with Gasteiger partial charge in [-0.2, -0.15) is 0 Å². The molecule has 0 fully saturated rings. The number of hydrogen-bond acceptors (Lipinski definition) is 6. The summed E-state index contributed by atoms with van der Waals surface area (Å²) in [6.07, 6.45) is 0.